The second-order valence-electron chi connectivity index (χ2n) is 13.9. The minimum atomic E-state index is -2.05. The van der Waals surface area contributed by atoms with Crippen molar-refractivity contribution in [1.82, 2.24) is 0 Å². The molecular formula is C32H48O2Si3. The molecule has 2 aromatic carbocycles. The molecule has 2 aliphatic carbocycles. The molecule has 0 unspecified atom stereocenters. The van der Waals surface area contributed by atoms with Crippen LogP contribution in [0.2, 0.25) is 52.4 Å². The lowest BCUT2D eigenvalue weighted by atomic mass is 9.98. The van der Waals surface area contributed by atoms with Gasteiger partial charge in [-0.1, -0.05) is 48.5 Å². The summed E-state index contributed by atoms with van der Waals surface area (Å²) in [6, 6.07) is 9.32. The number of allylic oxidation sites excluding steroid dienone is 2. The minimum absolute atomic E-state index is 0.725. The standard InChI is InChI=1S/C32H48O2Si3/c1-21-13-15-25(19-33-35(5,6)7)29-27(21)17-23(3)31(29)37(11,12)32-24(4)18-28-22(2)14-16-26(30(28)32)20-34-36(8,9)10/h13-16H,17-20H2,1-12H3. The molecule has 0 saturated carbocycles. The maximum atomic E-state index is 6.49. The van der Waals surface area contributed by atoms with Crippen LogP contribution in [0.25, 0.3) is 10.4 Å². The van der Waals surface area contributed by atoms with Crippen molar-refractivity contribution < 1.29 is 8.85 Å². The molecule has 4 rings (SSSR count). The number of fused-ring (bicyclic) bond motifs is 2. The third-order valence-corrected chi connectivity index (χ3v) is 13.9. The summed E-state index contributed by atoms with van der Waals surface area (Å²) in [4.78, 5) is 0. The van der Waals surface area contributed by atoms with Crippen LogP contribution in [0.1, 0.15) is 58.4 Å². The van der Waals surface area contributed by atoms with Gasteiger partial charge in [-0.3, -0.25) is 0 Å². The van der Waals surface area contributed by atoms with Crippen molar-refractivity contribution in [3.63, 3.8) is 0 Å². The lowest BCUT2D eigenvalue weighted by Gasteiger charge is -2.33. The van der Waals surface area contributed by atoms with E-state index < -0.39 is 24.7 Å². The van der Waals surface area contributed by atoms with Gasteiger partial charge < -0.3 is 8.85 Å². The predicted molar refractivity (Wildman–Crippen MR) is 169 cm³/mol. The minimum Gasteiger partial charge on any atom is -0.413 e. The molecule has 0 atom stereocenters. The van der Waals surface area contributed by atoms with Gasteiger partial charge in [0.15, 0.2) is 16.6 Å². The quantitative estimate of drug-likeness (QED) is 0.306. The van der Waals surface area contributed by atoms with Crippen LogP contribution in [0.15, 0.2) is 35.4 Å². The first-order chi connectivity index (χ1) is 17.0. The molecule has 0 amide bonds. The Bertz CT molecular complexity index is 1200. The molecule has 0 radical (unpaired) electrons. The second kappa shape index (κ2) is 9.91. The van der Waals surface area contributed by atoms with Gasteiger partial charge in [-0.25, -0.2) is 0 Å². The summed E-state index contributed by atoms with van der Waals surface area (Å²) in [7, 11) is -5.29. The van der Waals surface area contributed by atoms with Crippen LogP contribution in [-0.2, 0) is 34.9 Å². The molecule has 2 nitrogen and oxygen atoms in total. The molecule has 2 aliphatic rings. The summed E-state index contributed by atoms with van der Waals surface area (Å²) in [6.45, 7) is 29.8. The highest BCUT2D eigenvalue weighted by Gasteiger charge is 2.42. The first-order valence-electron chi connectivity index (χ1n) is 13.9. The predicted octanol–water partition coefficient (Wildman–Crippen LogP) is 9.15. The smallest absolute Gasteiger partial charge is 0.184 e. The Labute approximate surface area is 229 Å². The van der Waals surface area contributed by atoms with Crippen molar-refractivity contribution in [2.24, 2.45) is 0 Å². The lowest BCUT2D eigenvalue weighted by Crippen LogP contribution is -2.32. The van der Waals surface area contributed by atoms with E-state index in [1.54, 1.807) is 21.5 Å². The molecule has 2 aromatic rings. The molecule has 0 fully saturated rings. The average Bonchev–Trinajstić information content (AvgIpc) is 3.30. The summed E-state index contributed by atoms with van der Waals surface area (Å²) >= 11 is 0. The van der Waals surface area contributed by atoms with Crippen LogP contribution in [0.4, 0.5) is 0 Å². The van der Waals surface area contributed by atoms with Crippen LogP contribution in [0, 0.1) is 13.8 Å². The monoisotopic (exact) mass is 548 g/mol. The molecule has 0 saturated heterocycles. The second-order valence-corrected chi connectivity index (χ2v) is 27.2. The largest absolute Gasteiger partial charge is 0.413 e. The van der Waals surface area contributed by atoms with Gasteiger partial charge in [0, 0.05) is 0 Å². The Morgan fingerprint density at radius 3 is 1.24 bits per heavy atom. The van der Waals surface area contributed by atoms with E-state index in [-0.39, 0.29) is 0 Å². The molecule has 0 bridgehead atoms. The molecule has 0 aliphatic heterocycles. The molecule has 37 heavy (non-hydrogen) atoms. The van der Waals surface area contributed by atoms with Gasteiger partial charge in [0.2, 0.25) is 0 Å². The van der Waals surface area contributed by atoms with E-state index in [0.717, 1.165) is 26.1 Å². The molecule has 200 valence electrons. The lowest BCUT2D eigenvalue weighted by molar-refractivity contribution is 0.299. The molecule has 0 aromatic heterocycles. The zero-order chi connectivity index (χ0) is 27.5. The number of hydrogen-bond acceptors (Lipinski definition) is 2. The summed E-state index contributed by atoms with van der Waals surface area (Å²) in [5, 5.41) is 3.31. The van der Waals surface area contributed by atoms with Gasteiger partial charge in [-0.15, -0.1) is 0 Å². The van der Waals surface area contributed by atoms with E-state index in [0.29, 0.717) is 0 Å². The van der Waals surface area contributed by atoms with Gasteiger partial charge >= 0.3 is 0 Å². The highest BCUT2D eigenvalue weighted by atomic mass is 28.4. The van der Waals surface area contributed by atoms with Crippen LogP contribution >= 0.6 is 0 Å². The SMILES string of the molecule is CC1=C([Si](C)(C)C2=C(C)Cc3c(C)ccc(CO[Si](C)(C)C)c32)c2c(CO[Si](C)(C)C)ccc(C)c2C1. The third-order valence-electron chi connectivity index (χ3n) is 8.08. The Morgan fingerprint density at radius 1 is 0.568 bits per heavy atom. The number of aryl methyl sites for hydroxylation is 2. The zero-order valence-electron chi connectivity index (χ0n) is 25.5. The number of rotatable bonds is 8. The summed E-state index contributed by atoms with van der Waals surface area (Å²) in [5.41, 5.74) is 14.9. The van der Waals surface area contributed by atoms with Crippen molar-refractivity contribution in [3.05, 3.63) is 79.9 Å². The van der Waals surface area contributed by atoms with Crippen molar-refractivity contribution in [2.75, 3.05) is 0 Å². The first-order valence-corrected chi connectivity index (χ1v) is 23.7. The Balaban J connectivity index is 1.86. The normalized spacial score (nSPS) is 16.1. The van der Waals surface area contributed by atoms with E-state index in [1.807, 2.05) is 0 Å². The maximum absolute atomic E-state index is 6.49. The van der Waals surface area contributed by atoms with Crippen molar-refractivity contribution in [1.29, 1.82) is 0 Å². The molecule has 0 heterocycles. The number of hydrogen-bond donors (Lipinski definition) is 0. The van der Waals surface area contributed by atoms with E-state index >= 15 is 0 Å². The van der Waals surface area contributed by atoms with E-state index in [2.05, 4.69) is 104 Å². The van der Waals surface area contributed by atoms with Crippen LogP contribution in [0.3, 0.4) is 0 Å². The van der Waals surface area contributed by atoms with Gasteiger partial charge in [0.05, 0.1) is 13.2 Å². The Hall–Kier alpha value is -1.51. The molecule has 0 N–H and O–H groups in total. The van der Waals surface area contributed by atoms with Crippen LogP contribution in [-0.4, -0.2) is 24.7 Å². The average molecular weight is 549 g/mol. The van der Waals surface area contributed by atoms with Gasteiger partial charge in [-0.05, 0) is 135 Å². The zero-order valence-corrected chi connectivity index (χ0v) is 28.5. The number of benzene rings is 2. The van der Waals surface area contributed by atoms with Gasteiger partial charge in [-0.2, -0.15) is 0 Å². The maximum Gasteiger partial charge on any atom is 0.184 e. The molecular weight excluding hydrogens is 501 g/mol. The van der Waals surface area contributed by atoms with Crippen LogP contribution < -0.4 is 0 Å². The van der Waals surface area contributed by atoms with Crippen molar-refractivity contribution >= 4 is 35.1 Å². The summed E-state index contributed by atoms with van der Waals surface area (Å²) < 4.78 is 13.0. The topological polar surface area (TPSA) is 18.5 Å². The van der Waals surface area contributed by atoms with Gasteiger partial charge in [0.25, 0.3) is 0 Å². The third kappa shape index (κ3) is 5.62. The molecule has 5 heteroatoms. The Kier molecular flexibility index (Phi) is 7.63. The fourth-order valence-electron chi connectivity index (χ4n) is 6.46. The first kappa shape index (κ1) is 28.5. The van der Waals surface area contributed by atoms with E-state index in [1.165, 1.54) is 44.5 Å². The summed E-state index contributed by atoms with van der Waals surface area (Å²) in [6.07, 6.45) is 2.15. The summed E-state index contributed by atoms with van der Waals surface area (Å²) in [5.74, 6) is 0. The van der Waals surface area contributed by atoms with Crippen molar-refractivity contribution in [2.45, 2.75) is 106 Å². The fourth-order valence-corrected chi connectivity index (χ4v) is 12.1. The van der Waals surface area contributed by atoms with E-state index in [9.17, 15) is 0 Å². The Morgan fingerprint density at radius 2 is 0.919 bits per heavy atom. The van der Waals surface area contributed by atoms with Crippen LogP contribution in [0.5, 0.6) is 0 Å². The van der Waals surface area contributed by atoms with Gasteiger partial charge in [0.1, 0.15) is 8.07 Å². The highest BCUT2D eigenvalue weighted by molar-refractivity contribution is 7.09. The molecule has 0 spiro atoms. The van der Waals surface area contributed by atoms with E-state index in [4.69, 9.17) is 8.85 Å². The highest BCUT2D eigenvalue weighted by Crippen LogP contribution is 2.51. The fraction of sp³-hybridized carbons (Fsp3) is 0.500. The van der Waals surface area contributed by atoms with Crippen molar-refractivity contribution in [3.8, 4) is 0 Å².